The first-order valence-electron chi connectivity index (χ1n) is 9.84. The third kappa shape index (κ3) is 4.50. The number of benzene rings is 1. The lowest BCUT2D eigenvalue weighted by Crippen LogP contribution is -2.45. The van der Waals surface area contributed by atoms with E-state index in [-0.39, 0.29) is 5.91 Å². The number of piperidine rings is 2. The molecule has 1 aromatic rings. The van der Waals surface area contributed by atoms with Crippen molar-refractivity contribution in [3.05, 3.63) is 23.8 Å². The monoisotopic (exact) mass is 360 g/mol. The van der Waals surface area contributed by atoms with Crippen molar-refractivity contribution in [2.24, 2.45) is 11.8 Å². The maximum atomic E-state index is 13.0. The molecule has 0 radical (unpaired) electrons. The molecule has 1 aromatic carbocycles. The van der Waals surface area contributed by atoms with Gasteiger partial charge in [0.15, 0.2) is 11.5 Å². The maximum Gasteiger partial charge on any atom is 0.254 e. The van der Waals surface area contributed by atoms with Gasteiger partial charge in [0, 0.05) is 25.2 Å². The van der Waals surface area contributed by atoms with Crippen LogP contribution in [0.3, 0.4) is 0 Å². The van der Waals surface area contributed by atoms with Crippen LogP contribution >= 0.6 is 0 Å². The summed E-state index contributed by atoms with van der Waals surface area (Å²) >= 11 is 0. The van der Waals surface area contributed by atoms with Gasteiger partial charge in [0.2, 0.25) is 0 Å². The topological polar surface area (TPSA) is 42.0 Å². The summed E-state index contributed by atoms with van der Waals surface area (Å²) in [5.41, 5.74) is 0.676. The zero-order valence-corrected chi connectivity index (χ0v) is 16.4. The van der Waals surface area contributed by atoms with E-state index >= 15 is 0 Å². The lowest BCUT2D eigenvalue weighted by molar-refractivity contribution is 0.0622. The van der Waals surface area contributed by atoms with Crippen molar-refractivity contribution in [1.82, 2.24) is 9.80 Å². The summed E-state index contributed by atoms with van der Waals surface area (Å²) in [6, 6.07) is 5.43. The highest BCUT2D eigenvalue weighted by atomic mass is 16.5. The minimum absolute atomic E-state index is 0.0999. The summed E-state index contributed by atoms with van der Waals surface area (Å²) in [7, 11) is 3.21. The largest absolute Gasteiger partial charge is 0.493 e. The van der Waals surface area contributed by atoms with Crippen molar-refractivity contribution in [3.63, 3.8) is 0 Å². The highest BCUT2D eigenvalue weighted by molar-refractivity contribution is 5.95. The normalized spacial score (nSPS) is 22.3. The molecule has 2 aliphatic rings. The minimum atomic E-state index is 0.0999. The predicted molar refractivity (Wildman–Crippen MR) is 103 cm³/mol. The molecule has 2 saturated heterocycles. The molecule has 144 valence electrons. The number of methoxy groups -OCH3 is 2. The Morgan fingerprint density at radius 2 is 1.81 bits per heavy atom. The molecule has 0 unspecified atom stereocenters. The van der Waals surface area contributed by atoms with Crippen LogP contribution in [0.15, 0.2) is 18.2 Å². The molecule has 2 fully saturated rings. The second-order valence-corrected chi connectivity index (χ2v) is 7.81. The molecule has 2 aliphatic heterocycles. The summed E-state index contributed by atoms with van der Waals surface area (Å²) in [5.74, 6) is 2.80. The Bertz CT molecular complexity index is 611. The number of likely N-dealkylation sites (tertiary alicyclic amines) is 2. The van der Waals surface area contributed by atoms with E-state index in [0.29, 0.717) is 23.0 Å². The van der Waals surface area contributed by atoms with Crippen molar-refractivity contribution < 1.29 is 14.3 Å². The first kappa shape index (κ1) is 19.0. The third-order valence-electron chi connectivity index (χ3n) is 5.83. The van der Waals surface area contributed by atoms with Crippen LogP contribution in [0.25, 0.3) is 0 Å². The van der Waals surface area contributed by atoms with Crippen LogP contribution in [-0.2, 0) is 0 Å². The van der Waals surface area contributed by atoms with Gasteiger partial charge in [-0.15, -0.1) is 0 Å². The fourth-order valence-corrected chi connectivity index (χ4v) is 4.16. The highest BCUT2D eigenvalue weighted by Gasteiger charge is 2.27. The average molecular weight is 360 g/mol. The van der Waals surface area contributed by atoms with E-state index in [1.807, 2.05) is 17.0 Å². The van der Waals surface area contributed by atoms with Crippen LogP contribution in [-0.4, -0.2) is 62.7 Å². The highest BCUT2D eigenvalue weighted by Crippen LogP contribution is 2.29. The smallest absolute Gasteiger partial charge is 0.254 e. The fraction of sp³-hybridized carbons (Fsp3) is 0.667. The van der Waals surface area contributed by atoms with E-state index in [0.717, 1.165) is 32.0 Å². The predicted octanol–water partition coefficient (Wildman–Crippen LogP) is 3.29. The number of amides is 1. The summed E-state index contributed by atoms with van der Waals surface area (Å²) in [6.45, 7) is 7.60. The molecular formula is C21H32N2O3. The molecule has 1 atom stereocenters. The molecule has 0 bridgehead atoms. The van der Waals surface area contributed by atoms with Crippen LogP contribution in [0, 0.1) is 11.8 Å². The second-order valence-electron chi connectivity index (χ2n) is 7.81. The summed E-state index contributed by atoms with van der Waals surface area (Å²) in [4.78, 5) is 17.6. The molecule has 5 nitrogen and oxygen atoms in total. The van der Waals surface area contributed by atoms with Gasteiger partial charge in [0.1, 0.15) is 0 Å². The first-order chi connectivity index (χ1) is 12.6. The Morgan fingerprint density at radius 3 is 2.50 bits per heavy atom. The van der Waals surface area contributed by atoms with E-state index in [1.165, 1.54) is 32.4 Å². The van der Waals surface area contributed by atoms with Gasteiger partial charge in [0.05, 0.1) is 14.2 Å². The number of hydrogen-bond acceptors (Lipinski definition) is 4. The Morgan fingerprint density at radius 1 is 1.08 bits per heavy atom. The number of carbonyl (C=O) groups is 1. The Kier molecular flexibility index (Phi) is 6.41. The molecule has 2 heterocycles. The SMILES string of the molecule is COc1ccc(C(=O)N2CCC[C@H](CN3CCC(C)CC3)C2)cc1OC. The Hall–Kier alpha value is -1.75. The molecule has 0 N–H and O–H groups in total. The quantitative estimate of drug-likeness (QED) is 0.808. The van der Waals surface area contributed by atoms with Crippen molar-refractivity contribution in [3.8, 4) is 11.5 Å². The van der Waals surface area contributed by atoms with E-state index in [2.05, 4.69) is 11.8 Å². The molecule has 0 spiro atoms. The van der Waals surface area contributed by atoms with Crippen molar-refractivity contribution in [1.29, 1.82) is 0 Å². The van der Waals surface area contributed by atoms with Crippen LogP contribution in [0.1, 0.15) is 43.0 Å². The van der Waals surface area contributed by atoms with Crippen molar-refractivity contribution in [2.75, 3.05) is 46.9 Å². The van der Waals surface area contributed by atoms with Gasteiger partial charge >= 0.3 is 0 Å². The molecule has 26 heavy (non-hydrogen) atoms. The van der Waals surface area contributed by atoms with Crippen LogP contribution in [0.4, 0.5) is 0 Å². The molecule has 3 rings (SSSR count). The Labute approximate surface area is 157 Å². The third-order valence-corrected chi connectivity index (χ3v) is 5.83. The molecular weight excluding hydrogens is 328 g/mol. The zero-order valence-electron chi connectivity index (χ0n) is 16.4. The van der Waals surface area contributed by atoms with E-state index < -0.39 is 0 Å². The average Bonchev–Trinajstić information content (AvgIpc) is 2.69. The van der Waals surface area contributed by atoms with Crippen LogP contribution < -0.4 is 9.47 Å². The molecule has 0 aromatic heterocycles. The Balaban J connectivity index is 1.61. The van der Waals surface area contributed by atoms with Gasteiger partial charge in [0.25, 0.3) is 5.91 Å². The van der Waals surface area contributed by atoms with E-state index in [4.69, 9.17) is 9.47 Å². The molecule has 1 amide bonds. The summed E-state index contributed by atoms with van der Waals surface area (Å²) in [6.07, 6.45) is 4.93. The minimum Gasteiger partial charge on any atom is -0.493 e. The molecule has 0 aliphatic carbocycles. The van der Waals surface area contributed by atoms with Gasteiger partial charge in [-0.2, -0.15) is 0 Å². The summed E-state index contributed by atoms with van der Waals surface area (Å²) < 4.78 is 10.6. The van der Waals surface area contributed by atoms with Gasteiger partial charge in [-0.3, -0.25) is 4.79 Å². The number of rotatable bonds is 5. The lowest BCUT2D eigenvalue weighted by Gasteiger charge is -2.38. The number of carbonyl (C=O) groups excluding carboxylic acids is 1. The first-order valence-corrected chi connectivity index (χ1v) is 9.84. The maximum absolute atomic E-state index is 13.0. The van der Waals surface area contributed by atoms with Gasteiger partial charge < -0.3 is 19.3 Å². The fourth-order valence-electron chi connectivity index (χ4n) is 4.16. The standard InChI is InChI=1S/C21H32N2O3/c1-16-8-11-22(12-9-16)14-17-5-4-10-23(15-17)21(24)18-6-7-19(25-2)20(13-18)26-3/h6-7,13,16-17H,4-5,8-12,14-15H2,1-3H3/t17-/m1/s1. The number of hydrogen-bond donors (Lipinski definition) is 0. The van der Waals surface area contributed by atoms with Crippen molar-refractivity contribution in [2.45, 2.75) is 32.6 Å². The molecule has 5 heteroatoms. The second kappa shape index (κ2) is 8.76. The number of nitrogens with zero attached hydrogens (tertiary/aromatic N) is 2. The zero-order chi connectivity index (χ0) is 18.5. The van der Waals surface area contributed by atoms with Crippen LogP contribution in [0.5, 0.6) is 11.5 Å². The lowest BCUT2D eigenvalue weighted by atomic mass is 9.94. The summed E-state index contributed by atoms with van der Waals surface area (Å²) in [5, 5.41) is 0. The van der Waals surface area contributed by atoms with E-state index in [1.54, 1.807) is 20.3 Å². The van der Waals surface area contributed by atoms with Gasteiger partial charge in [-0.1, -0.05) is 6.92 Å². The van der Waals surface area contributed by atoms with Crippen LogP contribution in [0.2, 0.25) is 0 Å². The molecule has 0 saturated carbocycles. The van der Waals surface area contributed by atoms with Crippen molar-refractivity contribution >= 4 is 5.91 Å². The van der Waals surface area contributed by atoms with Gasteiger partial charge in [-0.25, -0.2) is 0 Å². The van der Waals surface area contributed by atoms with E-state index in [9.17, 15) is 4.79 Å². The van der Waals surface area contributed by atoms with Gasteiger partial charge in [-0.05, 0) is 68.8 Å². The number of ether oxygens (including phenoxy) is 2.